The number of carbonyl (C=O) groups excluding carboxylic acids is 1. The first-order chi connectivity index (χ1) is 12.5. The average molecular weight is 385 g/mol. The van der Waals surface area contributed by atoms with Crippen LogP contribution in [0, 0.1) is 13.8 Å². The lowest BCUT2D eigenvalue weighted by molar-refractivity contribution is -0.145. The van der Waals surface area contributed by atoms with Gasteiger partial charge in [0.1, 0.15) is 23.0 Å². The zero-order valence-electron chi connectivity index (χ0n) is 14.2. The third kappa shape index (κ3) is 3.02. The van der Waals surface area contributed by atoms with E-state index in [9.17, 15) is 9.59 Å². The molecular formula is C18H15N3O3S2. The van der Waals surface area contributed by atoms with Crippen LogP contribution in [0.4, 0.5) is 0 Å². The highest BCUT2D eigenvalue weighted by Gasteiger charge is 2.14. The standard InChI is InChI=1S/C18H15N3O3S2/c1-10-11(2)25-17-16(10)18(23)21(9-19-17)7-15(22)24-8-14-20-12-5-3-4-6-13(12)26-14/h3-6,9H,7-8H2,1-2H3. The molecule has 0 saturated heterocycles. The van der Waals surface area contributed by atoms with Crippen LogP contribution in [-0.4, -0.2) is 20.5 Å². The fourth-order valence-electron chi connectivity index (χ4n) is 2.69. The number of benzene rings is 1. The van der Waals surface area contributed by atoms with Crippen molar-refractivity contribution < 1.29 is 9.53 Å². The van der Waals surface area contributed by atoms with Gasteiger partial charge in [0.25, 0.3) is 5.56 Å². The largest absolute Gasteiger partial charge is 0.457 e. The van der Waals surface area contributed by atoms with Crippen LogP contribution in [0.5, 0.6) is 0 Å². The maximum atomic E-state index is 12.6. The second-order valence-corrected chi connectivity index (χ2v) is 8.20. The predicted octanol–water partition coefficient (Wildman–Crippen LogP) is 3.43. The highest BCUT2D eigenvalue weighted by Crippen LogP contribution is 2.25. The average Bonchev–Trinajstić information content (AvgIpc) is 3.17. The van der Waals surface area contributed by atoms with Crippen LogP contribution in [0.1, 0.15) is 15.4 Å². The number of hydrogen-bond donors (Lipinski definition) is 0. The number of thiazole rings is 1. The van der Waals surface area contributed by atoms with E-state index in [1.165, 1.54) is 33.6 Å². The van der Waals surface area contributed by atoms with E-state index in [0.29, 0.717) is 10.2 Å². The predicted molar refractivity (Wildman–Crippen MR) is 103 cm³/mol. The fourth-order valence-corrected chi connectivity index (χ4v) is 4.56. The molecule has 0 radical (unpaired) electrons. The molecule has 0 fully saturated rings. The van der Waals surface area contributed by atoms with Crippen LogP contribution < -0.4 is 5.56 Å². The molecule has 4 rings (SSSR count). The zero-order valence-corrected chi connectivity index (χ0v) is 15.8. The molecule has 0 N–H and O–H groups in total. The molecule has 3 aromatic heterocycles. The summed E-state index contributed by atoms with van der Waals surface area (Å²) in [6.07, 6.45) is 1.40. The van der Waals surface area contributed by atoms with Crippen molar-refractivity contribution in [3.05, 3.63) is 56.4 Å². The van der Waals surface area contributed by atoms with Gasteiger partial charge in [0, 0.05) is 4.88 Å². The molecule has 4 aromatic rings. The van der Waals surface area contributed by atoms with E-state index >= 15 is 0 Å². The Morgan fingerprint density at radius 1 is 1.23 bits per heavy atom. The van der Waals surface area contributed by atoms with Gasteiger partial charge in [-0.25, -0.2) is 9.97 Å². The van der Waals surface area contributed by atoms with Gasteiger partial charge in [0.15, 0.2) is 0 Å². The number of aryl methyl sites for hydroxylation is 2. The zero-order chi connectivity index (χ0) is 18.3. The van der Waals surface area contributed by atoms with E-state index in [4.69, 9.17) is 4.74 Å². The van der Waals surface area contributed by atoms with Gasteiger partial charge in [0.2, 0.25) is 0 Å². The molecule has 26 heavy (non-hydrogen) atoms. The Morgan fingerprint density at radius 2 is 2.04 bits per heavy atom. The maximum absolute atomic E-state index is 12.6. The Kier molecular flexibility index (Phi) is 4.29. The van der Waals surface area contributed by atoms with Crippen LogP contribution in [0.15, 0.2) is 35.4 Å². The molecule has 0 bridgehead atoms. The molecule has 0 aliphatic rings. The monoisotopic (exact) mass is 385 g/mol. The Labute approximate surface area is 156 Å². The van der Waals surface area contributed by atoms with Crippen molar-refractivity contribution in [1.29, 1.82) is 0 Å². The van der Waals surface area contributed by atoms with Gasteiger partial charge >= 0.3 is 5.97 Å². The van der Waals surface area contributed by atoms with Crippen LogP contribution in [0.25, 0.3) is 20.4 Å². The summed E-state index contributed by atoms with van der Waals surface area (Å²) < 4.78 is 7.63. The number of fused-ring (bicyclic) bond motifs is 2. The topological polar surface area (TPSA) is 74.1 Å². The molecule has 8 heteroatoms. The molecule has 0 amide bonds. The lowest BCUT2D eigenvalue weighted by Crippen LogP contribution is -2.25. The lowest BCUT2D eigenvalue weighted by Gasteiger charge is -2.05. The second-order valence-electron chi connectivity index (χ2n) is 5.88. The third-order valence-corrected chi connectivity index (χ3v) is 6.28. The quantitative estimate of drug-likeness (QED) is 0.503. The Morgan fingerprint density at radius 3 is 2.85 bits per heavy atom. The number of para-hydroxylation sites is 1. The molecule has 0 aliphatic heterocycles. The molecule has 0 atom stereocenters. The summed E-state index contributed by atoms with van der Waals surface area (Å²) in [7, 11) is 0. The highest BCUT2D eigenvalue weighted by atomic mass is 32.1. The van der Waals surface area contributed by atoms with Crippen LogP contribution >= 0.6 is 22.7 Å². The molecular weight excluding hydrogens is 370 g/mol. The summed E-state index contributed by atoms with van der Waals surface area (Å²) in [5.41, 5.74) is 1.59. The van der Waals surface area contributed by atoms with Gasteiger partial charge in [-0.15, -0.1) is 22.7 Å². The smallest absolute Gasteiger partial charge is 0.326 e. The Balaban J connectivity index is 1.49. The van der Waals surface area contributed by atoms with Gasteiger partial charge in [0.05, 0.1) is 21.9 Å². The van der Waals surface area contributed by atoms with Crippen LogP contribution in [0.2, 0.25) is 0 Å². The van der Waals surface area contributed by atoms with E-state index in [-0.39, 0.29) is 18.7 Å². The maximum Gasteiger partial charge on any atom is 0.326 e. The first kappa shape index (κ1) is 16.9. The molecule has 0 spiro atoms. The van der Waals surface area contributed by atoms with E-state index in [1.54, 1.807) is 0 Å². The number of thiophene rings is 1. The minimum absolute atomic E-state index is 0.0964. The molecule has 1 aromatic carbocycles. The summed E-state index contributed by atoms with van der Waals surface area (Å²) in [6, 6.07) is 7.76. The number of aromatic nitrogens is 3. The van der Waals surface area contributed by atoms with Crippen LogP contribution in [0.3, 0.4) is 0 Å². The second kappa shape index (κ2) is 6.62. The number of ether oxygens (including phenoxy) is 1. The summed E-state index contributed by atoms with van der Waals surface area (Å²) in [5, 5.41) is 1.30. The highest BCUT2D eigenvalue weighted by molar-refractivity contribution is 7.19. The molecule has 0 saturated carbocycles. The number of esters is 1. The first-order valence-corrected chi connectivity index (χ1v) is 9.61. The van der Waals surface area contributed by atoms with Crippen molar-refractivity contribution in [2.75, 3.05) is 0 Å². The fraction of sp³-hybridized carbons (Fsp3) is 0.222. The summed E-state index contributed by atoms with van der Waals surface area (Å²) >= 11 is 2.97. The minimum atomic E-state index is -0.489. The van der Waals surface area contributed by atoms with Crippen molar-refractivity contribution in [2.45, 2.75) is 27.0 Å². The minimum Gasteiger partial charge on any atom is -0.457 e. The van der Waals surface area contributed by atoms with Crippen molar-refractivity contribution in [3.63, 3.8) is 0 Å². The molecule has 3 heterocycles. The number of carbonyl (C=O) groups is 1. The van der Waals surface area contributed by atoms with E-state index in [2.05, 4.69) is 9.97 Å². The first-order valence-electron chi connectivity index (χ1n) is 7.98. The van der Waals surface area contributed by atoms with E-state index in [0.717, 1.165) is 25.7 Å². The summed E-state index contributed by atoms with van der Waals surface area (Å²) in [4.78, 5) is 35.2. The third-order valence-electron chi connectivity index (χ3n) is 4.15. The lowest BCUT2D eigenvalue weighted by atomic mass is 10.2. The van der Waals surface area contributed by atoms with Gasteiger partial charge in [-0.3, -0.25) is 14.2 Å². The van der Waals surface area contributed by atoms with Gasteiger partial charge in [-0.2, -0.15) is 0 Å². The number of rotatable bonds is 4. The van der Waals surface area contributed by atoms with Crippen molar-refractivity contribution >= 4 is 49.1 Å². The van der Waals surface area contributed by atoms with E-state index < -0.39 is 5.97 Å². The number of hydrogen-bond acceptors (Lipinski definition) is 7. The summed E-state index contributed by atoms with van der Waals surface area (Å²) in [6.45, 7) is 3.78. The van der Waals surface area contributed by atoms with Crippen molar-refractivity contribution in [1.82, 2.24) is 14.5 Å². The van der Waals surface area contributed by atoms with Gasteiger partial charge < -0.3 is 4.74 Å². The molecule has 6 nitrogen and oxygen atoms in total. The molecule has 0 unspecified atom stereocenters. The van der Waals surface area contributed by atoms with Crippen molar-refractivity contribution in [2.24, 2.45) is 0 Å². The van der Waals surface area contributed by atoms with Crippen LogP contribution in [-0.2, 0) is 22.7 Å². The van der Waals surface area contributed by atoms with Gasteiger partial charge in [-0.05, 0) is 31.5 Å². The SMILES string of the molecule is Cc1sc2ncn(CC(=O)OCc3nc4ccccc4s3)c(=O)c2c1C. The van der Waals surface area contributed by atoms with Crippen molar-refractivity contribution in [3.8, 4) is 0 Å². The Hall–Kier alpha value is -2.58. The Bertz CT molecular complexity index is 1160. The summed E-state index contributed by atoms with van der Waals surface area (Å²) in [5.74, 6) is -0.489. The van der Waals surface area contributed by atoms with E-state index in [1.807, 2.05) is 38.1 Å². The molecule has 132 valence electrons. The van der Waals surface area contributed by atoms with Gasteiger partial charge in [-0.1, -0.05) is 12.1 Å². The number of nitrogens with zero attached hydrogens (tertiary/aromatic N) is 3. The molecule has 0 aliphatic carbocycles. The normalized spacial score (nSPS) is 11.3.